The molecule has 0 saturated carbocycles. The van der Waals surface area contributed by atoms with Gasteiger partial charge in [0, 0.05) is 30.8 Å². The highest BCUT2D eigenvalue weighted by Crippen LogP contribution is 2.27. The summed E-state index contributed by atoms with van der Waals surface area (Å²) in [5.41, 5.74) is 8.58. The zero-order chi connectivity index (χ0) is 11.5. The van der Waals surface area contributed by atoms with Crippen molar-refractivity contribution in [2.75, 3.05) is 0 Å². The second kappa shape index (κ2) is 4.49. The smallest absolute Gasteiger partial charge is 0.0537 e. The van der Waals surface area contributed by atoms with Gasteiger partial charge in [-0.05, 0) is 5.56 Å². The zero-order valence-corrected chi connectivity index (χ0v) is 9.67. The van der Waals surface area contributed by atoms with Crippen molar-refractivity contribution in [2.45, 2.75) is 18.9 Å². The Morgan fingerprint density at radius 3 is 2.44 bits per heavy atom. The van der Waals surface area contributed by atoms with E-state index in [4.69, 9.17) is 5.73 Å². The molecule has 0 amide bonds. The van der Waals surface area contributed by atoms with Gasteiger partial charge in [0.25, 0.3) is 0 Å². The van der Waals surface area contributed by atoms with Gasteiger partial charge in [0.1, 0.15) is 0 Å². The third-order valence-electron chi connectivity index (χ3n) is 2.97. The molecule has 2 aromatic rings. The molecule has 2 unspecified atom stereocenters. The molecule has 0 aliphatic rings. The minimum atomic E-state index is -0.00361. The molecule has 2 rings (SSSR count). The SMILES string of the molecule is CC(c1ccccc1)C(N)c1cnn(C)c1. The molecule has 1 aromatic carbocycles. The topological polar surface area (TPSA) is 43.8 Å². The maximum absolute atomic E-state index is 6.23. The van der Waals surface area contributed by atoms with E-state index in [2.05, 4.69) is 24.2 Å². The Morgan fingerprint density at radius 1 is 1.19 bits per heavy atom. The largest absolute Gasteiger partial charge is 0.323 e. The Bertz CT molecular complexity index is 447. The minimum absolute atomic E-state index is 0.00361. The maximum atomic E-state index is 6.23. The molecule has 0 radical (unpaired) electrons. The lowest BCUT2D eigenvalue weighted by molar-refractivity contribution is 0.597. The van der Waals surface area contributed by atoms with E-state index in [1.54, 1.807) is 4.68 Å². The summed E-state index contributed by atoms with van der Waals surface area (Å²) in [7, 11) is 1.91. The lowest BCUT2D eigenvalue weighted by atomic mass is 9.91. The molecule has 0 aliphatic heterocycles. The fourth-order valence-corrected chi connectivity index (χ4v) is 1.86. The highest BCUT2D eigenvalue weighted by atomic mass is 15.2. The summed E-state index contributed by atoms with van der Waals surface area (Å²) in [5, 5.41) is 4.15. The molecule has 3 heteroatoms. The summed E-state index contributed by atoms with van der Waals surface area (Å²) >= 11 is 0. The third kappa shape index (κ3) is 2.14. The van der Waals surface area contributed by atoms with Gasteiger partial charge in [-0.2, -0.15) is 5.10 Å². The van der Waals surface area contributed by atoms with E-state index in [1.807, 2.05) is 37.6 Å². The molecule has 2 atom stereocenters. The number of nitrogens with two attached hydrogens (primary N) is 1. The van der Waals surface area contributed by atoms with E-state index in [0.29, 0.717) is 5.92 Å². The summed E-state index contributed by atoms with van der Waals surface area (Å²) in [6, 6.07) is 10.3. The highest BCUT2D eigenvalue weighted by molar-refractivity contribution is 5.24. The monoisotopic (exact) mass is 215 g/mol. The number of hydrogen-bond acceptors (Lipinski definition) is 2. The quantitative estimate of drug-likeness (QED) is 0.853. The second-order valence-corrected chi connectivity index (χ2v) is 4.17. The fraction of sp³-hybridized carbons (Fsp3) is 0.308. The predicted octanol–water partition coefficient (Wildman–Crippen LogP) is 2.22. The molecule has 0 bridgehead atoms. The first kappa shape index (κ1) is 10.9. The van der Waals surface area contributed by atoms with Crippen LogP contribution >= 0.6 is 0 Å². The number of benzene rings is 1. The van der Waals surface area contributed by atoms with Gasteiger partial charge in [-0.1, -0.05) is 37.3 Å². The van der Waals surface area contributed by atoms with Gasteiger partial charge < -0.3 is 5.73 Å². The lowest BCUT2D eigenvalue weighted by Gasteiger charge is -2.18. The van der Waals surface area contributed by atoms with Gasteiger partial charge in [0.2, 0.25) is 0 Å². The average molecular weight is 215 g/mol. The van der Waals surface area contributed by atoms with Crippen LogP contribution in [0, 0.1) is 0 Å². The standard InChI is InChI=1S/C13H17N3/c1-10(11-6-4-3-5-7-11)13(14)12-8-15-16(2)9-12/h3-10,13H,14H2,1-2H3. The van der Waals surface area contributed by atoms with E-state index in [-0.39, 0.29) is 6.04 Å². The maximum Gasteiger partial charge on any atom is 0.0537 e. The molecule has 2 N–H and O–H groups in total. The Labute approximate surface area is 95.9 Å². The van der Waals surface area contributed by atoms with Crippen LogP contribution in [0.4, 0.5) is 0 Å². The van der Waals surface area contributed by atoms with Crippen LogP contribution < -0.4 is 5.73 Å². The summed E-state index contributed by atoms with van der Waals surface area (Å²) in [5.74, 6) is 0.297. The van der Waals surface area contributed by atoms with Crippen LogP contribution in [0.2, 0.25) is 0 Å². The zero-order valence-electron chi connectivity index (χ0n) is 9.67. The fourth-order valence-electron chi connectivity index (χ4n) is 1.86. The molecule has 16 heavy (non-hydrogen) atoms. The number of aromatic nitrogens is 2. The summed E-state index contributed by atoms with van der Waals surface area (Å²) in [6.07, 6.45) is 3.81. The van der Waals surface area contributed by atoms with Gasteiger partial charge in [-0.15, -0.1) is 0 Å². The Morgan fingerprint density at radius 2 is 1.88 bits per heavy atom. The second-order valence-electron chi connectivity index (χ2n) is 4.17. The van der Waals surface area contributed by atoms with Crippen molar-refractivity contribution in [3.63, 3.8) is 0 Å². The molecule has 84 valence electrons. The van der Waals surface area contributed by atoms with Gasteiger partial charge in [0.05, 0.1) is 6.20 Å². The molecule has 1 heterocycles. The van der Waals surface area contributed by atoms with Crippen molar-refractivity contribution in [1.82, 2.24) is 9.78 Å². The minimum Gasteiger partial charge on any atom is -0.323 e. The molecule has 3 nitrogen and oxygen atoms in total. The predicted molar refractivity (Wildman–Crippen MR) is 65.0 cm³/mol. The number of aryl methyl sites for hydroxylation is 1. The number of rotatable bonds is 3. The van der Waals surface area contributed by atoms with Gasteiger partial charge in [-0.25, -0.2) is 0 Å². The number of hydrogen-bond donors (Lipinski definition) is 1. The van der Waals surface area contributed by atoms with Crippen LogP contribution in [0.15, 0.2) is 42.7 Å². The van der Waals surface area contributed by atoms with Crippen molar-refractivity contribution in [3.05, 3.63) is 53.9 Å². The van der Waals surface area contributed by atoms with Crippen LogP contribution in [0.3, 0.4) is 0 Å². The van der Waals surface area contributed by atoms with Crippen LogP contribution in [0.25, 0.3) is 0 Å². The van der Waals surface area contributed by atoms with E-state index in [9.17, 15) is 0 Å². The molecule has 0 fully saturated rings. The van der Waals surface area contributed by atoms with E-state index < -0.39 is 0 Å². The van der Waals surface area contributed by atoms with E-state index in [0.717, 1.165) is 5.56 Å². The van der Waals surface area contributed by atoms with Gasteiger partial charge in [0.15, 0.2) is 0 Å². The third-order valence-corrected chi connectivity index (χ3v) is 2.97. The van der Waals surface area contributed by atoms with E-state index >= 15 is 0 Å². The number of nitrogens with zero attached hydrogens (tertiary/aromatic N) is 2. The summed E-state index contributed by atoms with van der Waals surface area (Å²) < 4.78 is 1.78. The first-order chi connectivity index (χ1) is 7.68. The Kier molecular flexibility index (Phi) is 3.06. The normalized spacial score (nSPS) is 14.7. The van der Waals surface area contributed by atoms with Crippen LogP contribution in [-0.2, 0) is 7.05 Å². The molecular formula is C13H17N3. The van der Waals surface area contributed by atoms with Crippen molar-refractivity contribution in [3.8, 4) is 0 Å². The van der Waals surface area contributed by atoms with Crippen molar-refractivity contribution < 1.29 is 0 Å². The summed E-state index contributed by atoms with van der Waals surface area (Å²) in [6.45, 7) is 2.15. The Hall–Kier alpha value is -1.61. The Balaban J connectivity index is 2.19. The molecule has 0 spiro atoms. The van der Waals surface area contributed by atoms with Gasteiger partial charge in [-0.3, -0.25) is 4.68 Å². The average Bonchev–Trinajstić information content (AvgIpc) is 2.75. The molecule has 1 aromatic heterocycles. The van der Waals surface area contributed by atoms with Crippen molar-refractivity contribution in [1.29, 1.82) is 0 Å². The molecular weight excluding hydrogens is 198 g/mol. The summed E-state index contributed by atoms with van der Waals surface area (Å²) in [4.78, 5) is 0. The molecule has 0 saturated heterocycles. The van der Waals surface area contributed by atoms with Crippen LogP contribution in [0.1, 0.15) is 30.0 Å². The van der Waals surface area contributed by atoms with E-state index in [1.165, 1.54) is 5.56 Å². The highest BCUT2D eigenvalue weighted by Gasteiger charge is 2.17. The van der Waals surface area contributed by atoms with Gasteiger partial charge >= 0.3 is 0 Å². The molecule has 0 aliphatic carbocycles. The first-order valence-corrected chi connectivity index (χ1v) is 5.47. The van der Waals surface area contributed by atoms with Crippen LogP contribution in [-0.4, -0.2) is 9.78 Å². The van der Waals surface area contributed by atoms with Crippen molar-refractivity contribution >= 4 is 0 Å². The first-order valence-electron chi connectivity index (χ1n) is 5.47. The lowest BCUT2D eigenvalue weighted by Crippen LogP contribution is -2.17. The van der Waals surface area contributed by atoms with Crippen molar-refractivity contribution in [2.24, 2.45) is 12.8 Å². The van der Waals surface area contributed by atoms with Crippen LogP contribution in [0.5, 0.6) is 0 Å².